The Morgan fingerprint density at radius 2 is 1.46 bits per heavy atom. The number of aromatic nitrogens is 1. The molecular formula is C32H28N2O. The third-order valence-corrected chi connectivity index (χ3v) is 6.55. The largest absolute Gasteiger partial charge is 0.345 e. The van der Waals surface area contributed by atoms with Gasteiger partial charge in [0.15, 0.2) is 0 Å². The van der Waals surface area contributed by atoms with Crippen molar-refractivity contribution in [2.75, 3.05) is 0 Å². The Hall–Kier alpha value is -4.24. The Balaban J connectivity index is 1.55. The fourth-order valence-electron chi connectivity index (χ4n) is 4.44. The zero-order valence-corrected chi connectivity index (χ0v) is 20.0. The van der Waals surface area contributed by atoms with Crippen LogP contribution in [0.1, 0.15) is 38.7 Å². The molecule has 0 bridgehead atoms. The molecular weight excluding hydrogens is 428 g/mol. The lowest BCUT2D eigenvalue weighted by Crippen LogP contribution is -2.30. The summed E-state index contributed by atoms with van der Waals surface area (Å²) in [6.07, 6.45) is 0.712. The molecule has 0 spiro atoms. The average molecular weight is 457 g/mol. The maximum atomic E-state index is 13.8. The number of hydrogen-bond donors (Lipinski definition) is 1. The maximum absolute atomic E-state index is 13.8. The second-order valence-electron chi connectivity index (χ2n) is 9.00. The summed E-state index contributed by atoms with van der Waals surface area (Å²) in [6.45, 7) is 4.20. The first-order valence-electron chi connectivity index (χ1n) is 12.0. The summed E-state index contributed by atoms with van der Waals surface area (Å²) in [4.78, 5) is 18.7. The van der Waals surface area contributed by atoms with Crippen molar-refractivity contribution in [1.82, 2.24) is 10.3 Å². The normalized spacial score (nSPS) is 11.8. The topological polar surface area (TPSA) is 42.0 Å². The van der Waals surface area contributed by atoms with Crippen LogP contribution in [-0.2, 0) is 6.42 Å². The first-order valence-corrected chi connectivity index (χ1v) is 12.0. The molecule has 0 radical (unpaired) electrons. The molecule has 1 amide bonds. The molecule has 5 aromatic rings. The van der Waals surface area contributed by atoms with E-state index in [1.165, 1.54) is 16.7 Å². The summed E-state index contributed by atoms with van der Waals surface area (Å²) in [6, 6.07) is 36.4. The number of rotatable bonds is 6. The van der Waals surface area contributed by atoms with Gasteiger partial charge in [-0.15, -0.1) is 0 Å². The zero-order valence-electron chi connectivity index (χ0n) is 20.0. The minimum atomic E-state index is -0.150. The van der Waals surface area contributed by atoms with Crippen molar-refractivity contribution >= 4 is 16.8 Å². The van der Waals surface area contributed by atoms with Crippen molar-refractivity contribution in [2.24, 2.45) is 0 Å². The number of aryl methyl sites for hydroxylation is 2. The highest BCUT2D eigenvalue weighted by atomic mass is 16.1. The van der Waals surface area contributed by atoms with Crippen molar-refractivity contribution in [2.45, 2.75) is 26.3 Å². The van der Waals surface area contributed by atoms with Gasteiger partial charge in [-0.05, 0) is 60.7 Å². The summed E-state index contributed by atoms with van der Waals surface area (Å²) in [5.41, 5.74) is 7.96. The molecule has 4 aromatic carbocycles. The van der Waals surface area contributed by atoms with Gasteiger partial charge in [0.05, 0.1) is 22.8 Å². The molecule has 0 aliphatic rings. The molecule has 3 heteroatoms. The molecule has 0 saturated carbocycles. The van der Waals surface area contributed by atoms with Crippen LogP contribution >= 0.6 is 0 Å². The molecule has 1 aromatic heterocycles. The monoisotopic (exact) mass is 456 g/mol. The van der Waals surface area contributed by atoms with Crippen LogP contribution < -0.4 is 5.32 Å². The average Bonchev–Trinajstić information content (AvgIpc) is 2.90. The van der Waals surface area contributed by atoms with Gasteiger partial charge in [-0.1, -0.05) is 91.0 Å². The van der Waals surface area contributed by atoms with E-state index in [1.54, 1.807) is 0 Å². The third kappa shape index (κ3) is 4.99. The predicted molar refractivity (Wildman–Crippen MR) is 143 cm³/mol. The molecule has 5 rings (SSSR count). The van der Waals surface area contributed by atoms with E-state index in [9.17, 15) is 4.79 Å². The van der Waals surface area contributed by atoms with E-state index in [4.69, 9.17) is 4.98 Å². The highest BCUT2D eigenvalue weighted by Crippen LogP contribution is 2.27. The Bertz CT molecular complexity index is 1480. The van der Waals surface area contributed by atoms with Crippen LogP contribution in [0.25, 0.3) is 22.2 Å². The van der Waals surface area contributed by atoms with Crippen LogP contribution in [0.5, 0.6) is 0 Å². The lowest BCUT2D eigenvalue weighted by Gasteiger charge is -2.20. The van der Waals surface area contributed by atoms with Crippen molar-refractivity contribution in [3.05, 3.63) is 137 Å². The number of pyridine rings is 1. The number of carbonyl (C=O) groups is 1. The number of para-hydroxylation sites is 1. The molecule has 0 fully saturated rings. The molecule has 0 aliphatic carbocycles. The van der Waals surface area contributed by atoms with E-state index in [2.05, 4.69) is 61.6 Å². The van der Waals surface area contributed by atoms with E-state index in [-0.39, 0.29) is 11.9 Å². The second kappa shape index (κ2) is 9.94. The van der Waals surface area contributed by atoms with Crippen LogP contribution in [0.4, 0.5) is 0 Å². The Morgan fingerprint density at radius 1 is 0.771 bits per heavy atom. The Morgan fingerprint density at radius 3 is 2.20 bits per heavy atom. The first-order chi connectivity index (χ1) is 17.1. The number of hydrogen-bond acceptors (Lipinski definition) is 2. The molecule has 1 atom stereocenters. The predicted octanol–water partition coefficient (Wildman–Crippen LogP) is 7.23. The maximum Gasteiger partial charge on any atom is 0.252 e. The molecule has 172 valence electrons. The van der Waals surface area contributed by atoms with Gasteiger partial charge in [0.25, 0.3) is 5.91 Å². The van der Waals surface area contributed by atoms with Gasteiger partial charge in [0.2, 0.25) is 0 Å². The highest BCUT2D eigenvalue weighted by Gasteiger charge is 2.19. The molecule has 0 aliphatic heterocycles. The minimum absolute atomic E-state index is 0.0986. The van der Waals surface area contributed by atoms with Gasteiger partial charge in [0, 0.05) is 10.9 Å². The number of carbonyl (C=O) groups excluding carboxylic acids is 1. The van der Waals surface area contributed by atoms with Crippen LogP contribution in [0, 0.1) is 13.8 Å². The van der Waals surface area contributed by atoms with Gasteiger partial charge < -0.3 is 5.32 Å². The first kappa shape index (κ1) is 22.5. The standard InChI is InChI=1S/C32H28N2O/c1-22-17-18-26(19-23(22)2)31-21-28(27-15-9-10-16-29(27)33-31)32(35)34-30(25-13-7-4-8-14-25)20-24-11-5-3-6-12-24/h3-19,21,30H,20H2,1-2H3,(H,34,35). The molecule has 1 N–H and O–H groups in total. The number of amides is 1. The van der Waals surface area contributed by atoms with E-state index in [0.717, 1.165) is 27.7 Å². The summed E-state index contributed by atoms with van der Waals surface area (Å²) in [5.74, 6) is -0.0986. The van der Waals surface area contributed by atoms with Crippen molar-refractivity contribution in [3.8, 4) is 11.3 Å². The van der Waals surface area contributed by atoms with Crippen LogP contribution in [0.3, 0.4) is 0 Å². The molecule has 0 saturated heterocycles. The lowest BCUT2D eigenvalue weighted by atomic mass is 9.97. The molecule has 1 heterocycles. The van der Waals surface area contributed by atoms with Gasteiger partial charge in [0.1, 0.15) is 0 Å². The molecule has 1 unspecified atom stereocenters. The van der Waals surface area contributed by atoms with Crippen molar-refractivity contribution in [3.63, 3.8) is 0 Å². The van der Waals surface area contributed by atoms with E-state index in [1.807, 2.05) is 66.7 Å². The highest BCUT2D eigenvalue weighted by molar-refractivity contribution is 6.07. The fraction of sp³-hybridized carbons (Fsp3) is 0.125. The van der Waals surface area contributed by atoms with Crippen molar-refractivity contribution < 1.29 is 4.79 Å². The van der Waals surface area contributed by atoms with E-state index in [0.29, 0.717) is 12.0 Å². The number of benzene rings is 4. The molecule has 35 heavy (non-hydrogen) atoms. The van der Waals surface area contributed by atoms with Crippen LogP contribution in [0.2, 0.25) is 0 Å². The lowest BCUT2D eigenvalue weighted by molar-refractivity contribution is 0.0938. The summed E-state index contributed by atoms with van der Waals surface area (Å²) < 4.78 is 0. The fourth-order valence-corrected chi connectivity index (χ4v) is 4.44. The number of nitrogens with zero attached hydrogens (tertiary/aromatic N) is 1. The van der Waals surface area contributed by atoms with Gasteiger partial charge >= 0.3 is 0 Å². The SMILES string of the molecule is Cc1ccc(-c2cc(C(=O)NC(Cc3ccccc3)c3ccccc3)c3ccccc3n2)cc1C. The third-order valence-electron chi connectivity index (χ3n) is 6.55. The quantitative estimate of drug-likeness (QED) is 0.293. The van der Waals surface area contributed by atoms with E-state index >= 15 is 0 Å². The van der Waals surface area contributed by atoms with Gasteiger partial charge in [-0.3, -0.25) is 4.79 Å². The summed E-state index contributed by atoms with van der Waals surface area (Å²) in [5, 5.41) is 4.17. The zero-order chi connectivity index (χ0) is 24.2. The summed E-state index contributed by atoms with van der Waals surface area (Å²) in [7, 11) is 0. The molecule has 3 nitrogen and oxygen atoms in total. The van der Waals surface area contributed by atoms with Gasteiger partial charge in [-0.2, -0.15) is 0 Å². The van der Waals surface area contributed by atoms with Crippen LogP contribution in [0.15, 0.2) is 109 Å². The Labute approximate surface area is 206 Å². The second-order valence-corrected chi connectivity index (χ2v) is 9.00. The van der Waals surface area contributed by atoms with E-state index < -0.39 is 0 Å². The van der Waals surface area contributed by atoms with Crippen molar-refractivity contribution in [1.29, 1.82) is 0 Å². The number of fused-ring (bicyclic) bond motifs is 1. The smallest absolute Gasteiger partial charge is 0.252 e. The summed E-state index contributed by atoms with van der Waals surface area (Å²) >= 11 is 0. The minimum Gasteiger partial charge on any atom is -0.345 e. The number of nitrogens with one attached hydrogen (secondary N) is 1. The van der Waals surface area contributed by atoms with Crippen LogP contribution in [-0.4, -0.2) is 10.9 Å². The Kier molecular flexibility index (Phi) is 6.40. The van der Waals surface area contributed by atoms with Gasteiger partial charge in [-0.25, -0.2) is 4.98 Å².